The van der Waals surface area contributed by atoms with Crippen LogP contribution >= 0.6 is 0 Å². The summed E-state index contributed by atoms with van der Waals surface area (Å²) in [6, 6.07) is 11.5. The molecular formula is C16H20N2O2. The first-order chi connectivity index (χ1) is 9.69. The highest BCUT2D eigenvalue weighted by atomic mass is 16.5. The van der Waals surface area contributed by atoms with Crippen LogP contribution in [-0.4, -0.2) is 35.7 Å². The summed E-state index contributed by atoms with van der Waals surface area (Å²) in [5.41, 5.74) is 2.03. The minimum atomic E-state index is -0.512. The lowest BCUT2D eigenvalue weighted by molar-refractivity contribution is 0.123. The smallest absolute Gasteiger partial charge is 0.118 e. The summed E-state index contributed by atoms with van der Waals surface area (Å²) in [6.07, 6.45) is 3.09. The molecule has 0 saturated heterocycles. The molecule has 0 fully saturated rings. The summed E-state index contributed by atoms with van der Waals surface area (Å²) in [6.45, 7) is 1.34. The number of likely N-dealkylation sites (N-methyl/N-ethyl adjacent to an activating group) is 1. The van der Waals surface area contributed by atoms with Crippen LogP contribution in [0.5, 0.6) is 5.75 Å². The standard InChI is InChI=1S/C16H20N2O2/c1-18(11-13-4-3-9-17-10-13)12-16(19)14-5-7-15(20-2)8-6-14/h3-10,16,19H,11-12H2,1-2H3. The van der Waals surface area contributed by atoms with Gasteiger partial charge in [0.2, 0.25) is 0 Å². The van der Waals surface area contributed by atoms with E-state index in [0.29, 0.717) is 6.54 Å². The van der Waals surface area contributed by atoms with Gasteiger partial charge in [0, 0.05) is 25.5 Å². The first-order valence-electron chi connectivity index (χ1n) is 6.58. The van der Waals surface area contributed by atoms with Crippen LogP contribution in [0.2, 0.25) is 0 Å². The maximum atomic E-state index is 10.2. The van der Waals surface area contributed by atoms with Crippen LogP contribution in [0.15, 0.2) is 48.8 Å². The molecule has 0 amide bonds. The van der Waals surface area contributed by atoms with E-state index < -0.39 is 6.10 Å². The van der Waals surface area contributed by atoms with Crippen LogP contribution in [-0.2, 0) is 6.54 Å². The van der Waals surface area contributed by atoms with Crippen molar-refractivity contribution >= 4 is 0 Å². The third-order valence-corrected chi connectivity index (χ3v) is 3.16. The summed E-state index contributed by atoms with van der Waals surface area (Å²) >= 11 is 0. The van der Waals surface area contributed by atoms with Crippen molar-refractivity contribution in [2.45, 2.75) is 12.6 Å². The second kappa shape index (κ2) is 7.03. The van der Waals surface area contributed by atoms with Crippen molar-refractivity contribution in [3.05, 3.63) is 59.9 Å². The first-order valence-corrected chi connectivity index (χ1v) is 6.58. The number of rotatable bonds is 6. The third-order valence-electron chi connectivity index (χ3n) is 3.16. The molecule has 4 heteroatoms. The van der Waals surface area contributed by atoms with E-state index in [2.05, 4.69) is 9.88 Å². The van der Waals surface area contributed by atoms with Crippen molar-refractivity contribution in [3.8, 4) is 5.75 Å². The Bertz CT molecular complexity index is 514. The lowest BCUT2D eigenvalue weighted by Gasteiger charge is -2.20. The molecule has 106 valence electrons. The molecule has 0 spiro atoms. The molecule has 20 heavy (non-hydrogen) atoms. The minimum Gasteiger partial charge on any atom is -0.497 e. The fraction of sp³-hybridized carbons (Fsp3) is 0.312. The number of methoxy groups -OCH3 is 1. The molecule has 1 unspecified atom stereocenters. The average Bonchev–Trinajstić information content (AvgIpc) is 2.48. The molecule has 0 aliphatic heterocycles. The molecule has 1 aromatic heterocycles. The van der Waals surface area contributed by atoms with E-state index in [1.165, 1.54) is 0 Å². The number of aliphatic hydroxyl groups excluding tert-OH is 1. The third kappa shape index (κ3) is 4.05. The van der Waals surface area contributed by atoms with E-state index in [1.807, 2.05) is 49.6 Å². The first kappa shape index (κ1) is 14.5. The van der Waals surface area contributed by atoms with Gasteiger partial charge in [-0.2, -0.15) is 0 Å². The highest BCUT2D eigenvalue weighted by Crippen LogP contribution is 2.18. The van der Waals surface area contributed by atoms with E-state index in [-0.39, 0.29) is 0 Å². The number of hydrogen-bond acceptors (Lipinski definition) is 4. The molecule has 0 aliphatic carbocycles. The zero-order valence-electron chi connectivity index (χ0n) is 11.9. The summed E-state index contributed by atoms with van der Waals surface area (Å²) in [7, 11) is 3.62. The van der Waals surface area contributed by atoms with Crippen LogP contribution < -0.4 is 4.74 Å². The van der Waals surface area contributed by atoms with Crippen LogP contribution in [0.25, 0.3) is 0 Å². The van der Waals surface area contributed by atoms with Crippen LogP contribution in [0.3, 0.4) is 0 Å². The molecule has 1 N–H and O–H groups in total. The van der Waals surface area contributed by atoms with E-state index in [0.717, 1.165) is 23.4 Å². The Morgan fingerprint density at radius 2 is 2.00 bits per heavy atom. The molecular weight excluding hydrogens is 252 g/mol. The molecule has 0 saturated carbocycles. The number of pyridine rings is 1. The van der Waals surface area contributed by atoms with Gasteiger partial charge in [-0.15, -0.1) is 0 Å². The maximum Gasteiger partial charge on any atom is 0.118 e. The molecule has 2 aromatic rings. The summed E-state index contributed by atoms with van der Waals surface area (Å²) in [5.74, 6) is 0.796. The van der Waals surface area contributed by atoms with Gasteiger partial charge in [-0.1, -0.05) is 18.2 Å². The van der Waals surface area contributed by atoms with Gasteiger partial charge < -0.3 is 9.84 Å². The van der Waals surface area contributed by atoms with Crippen molar-refractivity contribution < 1.29 is 9.84 Å². The van der Waals surface area contributed by atoms with Gasteiger partial charge in [-0.05, 0) is 36.4 Å². The number of aromatic nitrogens is 1. The van der Waals surface area contributed by atoms with Gasteiger partial charge in [0.25, 0.3) is 0 Å². The van der Waals surface area contributed by atoms with Crippen LogP contribution in [0, 0.1) is 0 Å². The number of benzene rings is 1. The van der Waals surface area contributed by atoms with Crippen molar-refractivity contribution in [1.82, 2.24) is 9.88 Å². The molecule has 0 aliphatic rings. The van der Waals surface area contributed by atoms with E-state index >= 15 is 0 Å². The molecule has 1 heterocycles. The fourth-order valence-corrected chi connectivity index (χ4v) is 2.09. The van der Waals surface area contributed by atoms with Crippen LogP contribution in [0.4, 0.5) is 0 Å². The molecule has 1 aromatic carbocycles. The van der Waals surface area contributed by atoms with Crippen molar-refractivity contribution in [2.24, 2.45) is 0 Å². The van der Waals surface area contributed by atoms with E-state index in [9.17, 15) is 5.11 Å². The van der Waals surface area contributed by atoms with Crippen molar-refractivity contribution in [2.75, 3.05) is 20.7 Å². The SMILES string of the molecule is COc1ccc(C(O)CN(C)Cc2cccnc2)cc1. The number of aliphatic hydroxyl groups is 1. The maximum absolute atomic E-state index is 10.2. The lowest BCUT2D eigenvalue weighted by atomic mass is 10.1. The van der Waals surface area contributed by atoms with Gasteiger partial charge in [-0.25, -0.2) is 0 Å². The van der Waals surface area contributed by atoms with Gasteiger partial charge in [0.1, 0.15) is 5.75 Å². The Balaban J connectivity index is 1.91. The van der Waals surface area contributed by atoms with Gasteiger partial charge in [0.15, 0.2) is 0 Å². The molecule has 0 radical (unpaired) electrons. The van der Waals surface area contributed by atoms with Crippen molar-refractivity contribution in [3.63, 3.8) is 0 Å². The number of nitrogens with zero attached hydrogens (tertiary/aromatic N) is 2. The second-order valence-corrected chi connectivity index (χ2v) is 4.85. The van der Waals surface area contributed by atoms with E-state index in [4.69, 9.17) is 4.74 Å². The van der Waals surface area contributed by atoms with Crippen molar-refractivity contribution in [1.29, 1.82) is 0 Å². The minimum absolute atomic E-state index is 0.512. The Morgan fingerprint density at radius 1 is 1.25 bits per heavy atom. The topological polar surface area (TPSA) is 45.6 Å². The normalized spacial score (nSPS) is 12.4. The molecule has 0 bridgehead atoms. The Hall–Kier alpha value is -1.91. The monoisotopic (exact) mass is 272 g/mol. The molecule has 2 rings (SSSR count). The average molecular weight is 272 g/mol. The zero-order valence-corrected chi connectivity index (χ0v) is 11.9. The molecule has 4 nitrogen and oxygen atoms in total. The largest absolute Gasteiger partial charge is 0.497 e. The molecule has 1 atom stereocenters. The fourth-order valence-electron chi connectivity index (χ4n) is 2.09. The van der Waals surface area contributed by atoms with Gasteiger partial charge in [-0.3, -0.25) is 9.88 Å². The zero-order chi connectivity index (χ0) is 14.4. The van der Waals surface area contributed by atoms with Gasteiger partial charge in [0.05, 0.1) is 13.2 Å². The number of hydrogen-bond donors (Lipinski definition) is 1. The van der Waals surface area contributed by atoms with Gasteiger partial charge >= 0.3 is 0 Å². The van der Waals surface area contributed by atoms with E-state index in [1.54, 1.807) is 13.3 Å². The number of ether oxygens (including phenoxy) is 1. The highest BCUT2D eigenvalue weighted by molar-refractivity contribution is 5.28. The lowest BCUT2D eigenvalue weighted by Crippen LogP contribution is -2.24. The summed E-state index contributed by atoms with van der Waals surface area (Å²) in [4.78, 5) is 6.17. The highest BCUT2D eigenvalue weighted by Gasteiger charge is 2.11. The second-order valence-electron chi connectivity index (χ2n) is 4.85. The quantitative estimate of drug-likeness (QED) is 0.876. The summed E-state index contributed by atoms with van der Waals surface area (Å²) < 4.78 is 5.11. The predicted molar refractivity (Wildman–Crippen MR) is 78.5 cm³/mol. The van der Waals surface area contributed by atoms with Crippen LogP contribution in [0.1, 0.15) is 17.2 Å². The Morgan fingerprint density at radius 3 is 2.60 bits per heavy atom. The Labute approximate surface area is 119 Å². The predicted octanol–water partition coefficient (Wildman–Crippen LogP) is 2.26. The summed E-state index contributed by atoms with van der Waals surface area (Å²) in [5, 5.41) is 10.2. The Kier molecular flexibility index (Phi) is 5.09.